The number of ether oxygens (including phenoxy) is 2. The molecule has 0 N–H and O–H groups in total. The summed E-state index contributed by atoms with van der Waals surface area (Å²) in [6.45, 7) is 9.66. The largest absolute Gasteiger partial charge is 0.492 e. The highest BCUT2D eigenvalue weighted by Crippen LogP contribution is 2.33. The van der Waals surface area contributed by atoms with Crippen LogP contribution in [0.4, 0.5) is 13.2 Å². The van der Waals surface area contributed by atoms with E-state index in [0.717, 1.165) is 55.8 Å². The molecule has 2 atom stereocenters. The Bertz CT molecular complexity index is 1160. The zero-order valence-corrected chi connectivity index (χ0v) is 22.8. The van der Waals surface area contributed by atoms with Gasteiger partial charge in [-0.15, -0.1) is 11.3 Å². The van der Waals surface area contributed by atoms with Crippen molar-refractivity contribution in [1.82, 2.24) is 9.47 Å². The number of likely N-dealkylation sites (tertiary alicyclic amines) is 1. The van der Waals surface area contributed by atoms with Gasteiger partial charge in [0.2, 0.25) is 0 Å². The Morgan fingerprint density at radius 1 is 1.22 bits per heavy atom. The van der Waals surface area contributed by atoms with Crippen LogP contribution >= 0.6 is 11.3 Å². The quantitative estimate of drug-likeness (QED) is 0.486. The summed E-state index contributed by atoms with van der Waals surface area (Å²) in [6, 6.07) is 3.06. The van der Waals surface area contributed by atoms with Gasteiger partial charge in [0.25, 0.3) is 5.91 Å². The van der Waals surface area contributed by atoms with Gasteiger partial charge in [-0.25, -0.2) is 0 Å². The highest BCUT2D eigenvalue weighted by Gasteiger charge is 2.32. The van der Waals surface area contributed by atoms with Crippen LogP contribution in [0.15, 0.2) is 29.4 Å². The number of carbonyl (C=O) groups excluding carboxylic acids is 1. The Balaban J connectivity index is 1.67. The van der Waals surface area contributed by atoms with Crippen LogP contribution in [-0.2, 0) is 22.9 Å². The van der Waals surface area contributed by atoms with E-state index >= 15 is 0 Å². The van der Waals surface area contributed by atoms with Gasteiger partial charge in [0.05, 0.1) is 30.4 Å². The van der Waals surface area contributed by atoms with Crippen LogP contribution in [0.2, 0.25) is 0 Å². The fraction of sp³-hybridized carbons (Fsp3) is 0.630. The van der Waals surface area contributed by atoms with E-state index in [0.29, 0.717) is 24.6 Å². The average molecular weight is 540 g/mol. The number of halogens is 3. The second-order valence-electron chi connectivity index (χ2n) is 11.1. The maximum Gasteiger partial charge on any atom is 0.416 e. The molecule has 2 saturated heterocycles. The lowest BCUT2D eigenvalue weighted by Gasteiger charge is -2.29. The van der Waals surface area contributed by atoms with E-state index in [9.17, 15) is 18.0 Å². The molecule has 0 unspecified atom stereocenters. The molecule has 2 aliphatic rings. The molecule has 1 amide bonds. The van der Waals surface area contributed by atoms with Gasteiger partial charge in [-0.1, -0.05) is 20.8 Å². The van der Waals surface area contributed by atoms with E-state index in [4.69, 9.17) is 9.47 Å². The first-order valence-corrected chi connectivity index (χ1v) is 13.7. The van der Waals surface area contributed by atoms with Crippen LogP contribution in [0.5, 0.6) is 5.75 Å². The van der Waals surface area contributed by atoms with E-state index in [1.165, 1.54) is 17.4 Å². The van der Waals surface area contributed by atoms with E-state index in [-0.39, 0.29) is 28.7 Å². The van der Waals surface area contributed by atoms with Crippen LogP contribution < -0.4 is 9.54 Å². The van der Waals surface area contributed by atoms with Crippen molar-refractivity contribution in [1.29, 1.82) is 0 Å². The Kier molecular flexibility index (Phi) is 8.50. The van der Waals surface area contributed by atoms with Crippen LogP contribution in [0.3, 0.4) is 0 Å². The summed E-state index contributed by atoms with van der Waals surface area (Å²) >= 11 is 1.38. The summed E-state index contributed by atoms with van der Waals surface area (Å²) in [4.78, 5) is 21.4. The maximum atomic E-state index is 13.5. The number of aromatic nitrogens is 1. The summed E-state index contributed by atoms with van der Waals surface area (Å²) < 4.78 is 54.2. The molecule has 6 nitrogen and oxygen atoms in total. The molecular weight excluding hydrogens is 503 g/mol. The predicted octanol–water partition coefficient (Wildman–Crippen LogP) is 5.51. The minimum atomic E-state index is -4.58. The van der Waals surface area contributed by atoms with Crippen molar-refractivity contribution in [2.24, 2.45) is 10.9 Å². The van der Waals surface area contributed by atoms with Gasteiger partial charge in [-0.05, 0) is 62.9 Å². The fourth-order valence-corrected chi connectivity index (χ4v) is 5.77. The lowest BCUT2D eigenvalue weighted by atomic mass is 9.95. The van der Waals surface area contributed by atoms with E-state index < -0.39 is 17.6 Å². The molecule has 2 aliphatic heterocycles. The summed E-state index contributed by atoms with van der Waals surface area (Å²) in [7, 11) is 2.04. The van der Waals surface area contributed by atoms with Gasteiger partial charge in [0.1, 0.15) is 5.75 Å². The van der Waals surface area contributed by atoms with Crippen molar-refractivity contribution in [3.8, 4) is 5.75 Å². The lowest BCUT2D eigenvalue weighted by molar-refractivity contribution is -0.137. The van der Waals surface area contributed by atoms with E-state index in [1.54, 1.807) is 0 Å². The highest BCUT2D eigenvalue weighted by molar-refractivity contribution is 7.09. The number of thiazole rings is 1. The second kappa shape index (κ2) is 11.3. The van der Waals surface area contributed by atoms with Crippen LogP contribution in [0.25, 0.3) is 0 Å². The number of alkyl halides is 3. The van der Waals surface area contributed by atoms with Crippen molar-refractivity contribution in [3.63, 3.8) is 0 Å². The standard InChI is InChI=1S/C27H36F3N3O3S/c1-26(2,3)23-16-33(15-20-8-6-12-35-20)25(37-23)31-24(34)21-13-19(27(28,29)30)9-10-22(21)36-17-18-7-5-11-32(4)14-18/h9-10,13,16,18,20H,5-8,11-12,14-15,17H2,1-4H3/b31-25-/t18-,20-/m1/s1. The van der Waals surface area contributed by atoms with Crippen LogP contribution in [-0.4, -0.2) is 54.8 Å². The number of carbonyl (C=O) groups is 1. The summed E-state index contributed by atoms with van der Waals surface area (Å²) in [5.41, 5.74) is -1.24. The average Bonchev–Trinajstić information content (AvgIpc) is 3.47. The first-order valence-electron chi connectivity index (χ1n) is 12.8. The monoisotopic (exact) mass is 539 g/mol. The van der Waals surface area contributed by atoms with Crippen molar-refractivity contribution in [2.75, 3.05) is 33.4 Å². The minimum Gasteiger partial charge on any atom is -0.492 e. The third-order valence-corrected chi connectivity index (χ3v) is 8.26. The molecule has 37 heavy (non-hydrogen) atoms. The van der Waals surface area contributed by atoms with E-state index in [1.807, 2.05) is 17.8 Å². The number of amides is 1. The van der Waals surface area contributed by atoms with Crippen molar-refractivity contribution < 1.29 is 27.4 Å². The number of hydrogen-bond acceptors (Lipinski definition) is 5. The van der Waals surface area contributed by atoms with Crippen molar-refractivity contribution >= 4 is 17.2 Å². The first-order chi connectivity index (χ1) is 17.4. The molecular formula is C27H36F3N3O3S. The maximum absolute atomic E-state index is 13.5. The minimum absolute atomic E-state index is 0.0255. The van der Waals surface area contributed by atoms with Gasteiger partial charge < -0.3 is 18.9 Å². The molecule has 2 aromatic rings. The number of piperidine rings is 1. The number of rotatable bonds is 6. The van der Waals surface area contributed by atoms with Crippen LogP contribution in [0.1, 0.15) is 67.3 Å². The molecule has 10 heteroatoms. The number of nitrogens with zero attached hydrogens (tertiary/aromatic N) is 3. The molecule has 0 radical (unpaired) electrons. The summed E-state index contributed by atoms with van der Waals surface area (Å²) in [5.74, 6) is -0.361. The summed E-state index contributed by atoms with van der Waals surface area (Å²) in [5, 5.41) is 0. The Hall–Kier alpha value is -2.17. The Labute approximate surface area is 220 Å². The third-order valence-electron chi connectivity index (χ3n) is 6.81. The fourth-order valence-electron chi connectivity index (χ4n) is 4.72. The van der Waals surface area contributed by atoms with Gasteiger partial charge >= 0.3 is 6.18 Å². The predicted molar refractivity (Wildman–Crippen MR) is 137 cm³/mol. The van der Waals surface area contributed by atoms with E-state index in [2.05, 4.69) is 30.7 Å². The molecule has 0 spiro atoms. The van der Waals surface area contributed by atoms with Crippen molar-refractivity contribution in [3.05, 3.63) is 45.2 Å². The van der Waals surface area contributed by atoms with Crippen molar-refractivity contribution in [2.45, 2.75) is 70.7 Å². The first kappa shape index (κ1) is 27.9. The molecule has 1 aromatic heterocycles. The molecule has 0 aliphatic carbocycles. The molecule has 3 heterocycles. The highest BCUT2D eigenvalue weighted by atomic mass is 32.1. The van der Waals surface area contributed by atoms with Gasteiger partial charge in [0, 0.05) is 30.1 Å². The zero-order valence-electron chi connectivity index (χ0n) is 21.9. The summed E-state index contributed by atoms with van der Waals surface area (Å²) in [6.07, 6.45) is 1.34. The molecule has 4 rings (SSSR count). The van der Waals surface area contributed by atoms with Gasteiger partial charge in [-0.3, -0.25) is 4.79 Å². The SMILES string of the molecule is CN1CCC[C@@H](COc2ccc(C(F)(F)F)cc2C(=O)/N=c2\sc(C(C)(C)C)cn2C[C@H]2CCCO2)C1. The third kappa shape index (κ3) is 7.23. The zero-order chi connectivity index (χ0) is 26.8. The number of hydrogen-bond donors (Lipinski definition) is 0. The Morgan fingerprint density at radius 2 is 2.00 bits per heavy atom. The van der Waals surface area contributed by atoms with Gasteiger partial charge in [0.15, 0.2) is 4.80 Å². The second-order valence-corrected chi connectivity index (χ2v) is 12.1. The number of benzene rings is 1. The molecule has 1 aromatic carbocycles. The molecule has 0 bridgehead atoms. The smallest absolute Gasteiger partial charge is 0.416 e. The van der Waals surface area contributed by atoms with Gasteiger partial charge in [-0.2, -0.15) is 18.2 Å². The molecule has 2 fully saturated rings. The lowest BCUT2D eigenvalue weighted by Crippen LogP contribution is -2.34. The topological polar surface area (TPSA) is 56.1 Å². The molecule has 0 saturated carbocycles. The van der Waals surface area contributed by atoms with Crippen LogP contribution in [0, 0.1) is 5.92 Å². The molecule has 204 valence electrons. The Morgan fingerprint density at radius 3 is 2.65 bits per heavy atom. The normalized spacial score (nSPS) is 22.0.